The first-order valence-electron chi connectivity index (χ1n) is 7.44. The summed E-state index contributed by atoms with van der Waals surface area (Å²) in [5, 5.41) is 12.2. The van der Waals surface area contributed by atoms with Gasteiger partial charge >= 0.3 is 0 Å². The van der Waals surface area contributed by atoms with E-state index in [1.165, 1.54) is 24.5 Å². The van der Waals surface area contributed by atoms with Gasteiger partial charge < -0.3 is 10.3 Å². The summed E-state index contributed by atoms with van der Waals surface area (Å²) in [6.45, 7) is 0. The third-order valence-corrected chi connectivity index (χ3v) is 3.95. The third kappa shape index (κ3) is 2.81. The maximum absolute atomic E-state index is 14.2. The highest BCUT2D eigenvalue weighted by atomic mass is 35.5. The Morgan fingerprint density at radius 2 is 2.08 bits per heavy atom. The molecule has 0 amide bonds. The molecule has 0 aliphatic heterocycles. The molecule has 0 aliphatic carbocycles. The van der Waals surface area contributed by atoms with Crippen molar-refractivity contribution in [1.82, 2.24) is 24.9 Å². The number of fused-ring (bicyclic) bond motifs is 1. The van der Waals surface area contributed by atoms with Crippen molar-refractivity contribution in [1.29, 1.82) is 5.26 Å². The molecule has 0 fully saturated rings. The van der Waals surface area contributed by atoms with Crippen LogP contribution in [-0.4, -0.2) is 24.9 Å². The minimum atomic E-state index is -0.478. The summed E-state index contributed by atoms with van der Waals surface area (Å²) in [6.07, 6.45) is 2.84. The third-order valence-electron chi connectivity index (χ3n) is 3.63. The van der Waals surface area contributed by atoms with E-state index in [4.69, 9.17) is 16.9 Å². The van der Waals surface area contributed by atoms with Crippen molar-refractivity contribution in [3.05, 3.63) is 59.4 Å². The fourth-order valence-corrected chi connectivity index (χ4v) is 2.73. The summed E-state index contributed by atoms with van der Waals surface area (Å²) in [5.74, 6) is 0.640. The minimum absolute atomic E-state index is 0.185. The second kappa shape index (κ2) is 6.38. The van der Waals surface area contributed by atoms with Crippen LogP contribution in [0.3, 0.4) is 0 Å². The van der Waals surface area contributed by atoms with Gasteiger partial charge in [0.15, 0.2) is 5.82 Å². The number of benzene rings is 1. The van der Waals surface area contributed by atoms with Gasteiger partial charge in [-0.15, -0.1) is 0 Å². The second-order valence-corrected chi connectivity index (χ2v) is 5.67. The molecule has 4 aromatic rings. The van der Waals surface area contributed by atoms with Crippen LogP contribution in [-0.2, 0) is 0 Å². The van der Waals surface area contributed by atoms with Crippen LogP contribution >= 0.6 is 11.6 Å². The molecule has 3 aromatic heterocycles. The number of hydrogen-bond acceptors (Lipinski definition) is 6. The molecule has 0 unspecified atom stereocenters. The van der Waals surface area contributed by atoms with E-state index >= 15 is 0 Å². The Morgan fingerprint density at radius 3 is 2.88 bits per heavy atom. The van der Waals surface area contributed by atoms with Crippen molar-refractivity contribution in [2.75, 3.05) is 5.32 Å². The molecule has 126 valence electrons. The Hall–Kier alpha value is -3.57. The molecule has 1 aromatic carbocycles. The molecule has 0 saturated heterocycles. The quantitative estimate of drug-likeness (QED) is 0.572. The van der Waals surface area contributed by atoms with Gasteiger partial charge in [-0.25, -0.2) is 24.3 Å². The van der Waals surface area contributed by atoms with Gasteiger partial charge in [0.1, 0.15) is 41.1 Å². The number of hydrogen-bond donors (Lipinski definition) is 2. The van der Waals surface area contributed by atoms with E-state index < -0.39 is 5.82 Å². The van der Waals surface area contributed by atoms with E-state index in [1.807, 2.05) is 6.07 Å². The molecule has 0 atom stereocenters. The Balaban J connectivity index is 1.80. The highest BCUT2D eigenvalue weighted by molar-refractivity contribution is 6.33. The molecular formula is C17H9ClFN7. The van der Waals surface area contributed by atoms with Gasteiger partial charge in [-0.2, -0.15) is 5.26 Å². The first-order valence-corrected chi connectivity index (χ1v) is 7.82. The van der Waals surface area contributed by atoms with Crippen molar-refractivity contribution in [3.8, 4) is 17.5 Å². The van der Waals surface area contributed by atoms with Crippen LogP contribution in [0.4, 0.5) is 16.0 Å². The number of aromatic amines is 1. The summed E-state index contributed by atoms with van der Waals surface area (Å²) in [7, 11) is 0. The van der Waals surface area contributed by atoms with Gasteiger partial charge in [0.05, 0.1) is 16.1 Å². The zero-order chi connectivity index (χ0) is 18.1. The average molecular weight is 366 g/mol. The van der Waals surface area contributed by atoms with E-state index in [0.717, 1.165) is 0 Å². The number of aromatic nitrogens is 5. The summed E-state index contributed by atoms with van der Waals surface area (Å²) < 4.78 is 14.2. The molecule has 0 aliphatic rings. The van der Waals surface area contributed by atoms with Crippen LogP contribution in [0.2, 0.25) is 5.02 Å². The van der Waals surface area contributed by atoms with Gasteiger partial charge in [-0.05, 0) is 18.2 Å². The first kappa shape index (κ1) is 15.9. The lowest BCUT2D eigenvalue weighted by Gasteiger charge is -2.05. The molecule has 0 saturated carbocycles. The Morgan fingerprint density at radius 1 is 1.19 bits per heavy atom. The smallest absolute Gasteiger partial charge is 0.157 e. The molecule has 26 heavy (non-hydrogen) atoms. The van der Waals surface area contributed by atoms with Gasteiger partial charge in [-0.1, -0.05) is 17.7 Å². The predicted octanol–water partition coefficient (Wildman–Crippen LogP) is 3.82. The fourth-order valence-electron chi connectivity index (χ4n) is 2.48. The van der Waals surface area contributed by atoms with Gasteiger partial charge in [0, 0.05) is 12.3 Å². The lowest BCUT2D eigenvalue weighted by molar-refractivity contribution is 0.630. The van der Waals surface area contributed by atoms with E-state index in [9.17, 15) is 4.39 Å². The lowest BCUT2D eigenvalue weighted by Crippen LogP contribution is -1.98. The van der Waals surface area contributed by atoms with Crippen LogP contribution in [0.15, 0.2) is 42.9 Å². The summed E-state index contributed by atoms with van der Waals surface area (Å²) in [4.78, 5) is 19.6. The van der Waals surface area contributed by atoms with Crippen molar-refractivity contribution < 1.29 is 4.39 Å². The number of nitriles is 1. The number of halogens is 2. The molecule has 0 spiro atoms. The van der Waals surface area contributed by atoms with E-state index in [-0.39, 0.29) is 16.3 Å². The van der Waals surface area contributed by atoms with Crippen molar-refractivity contribution in [2.45, 2.75) is 0 Å². The average Bonchev–Trinajstić information content (AvgIpc) is 3.06. The van der Waals surface area contributed by atoms with E-state index in [1.54, 1.807) is 18.3 Å². The number of H-pyrrole nitrogens is 1. The lowest BCUT2D eigenvalue weighted by atomic mass is 10.2. The van der Waals surface area contributed by atoms with E-state index in [0.29, 0.717) is 28.5 Å². The standard InChI is InChI=1S/C17H9ClFN7/c18-10-2-1-3-11(19)14(10)16-24-12-4-5-21-17(15(12)26-16)25-13-6-9(7-20)22-8-23-13/h1-6,8H,(H,24,26)(H,21,22,23,25). The molecule has 0 bridgehead atoms. The van der Waals surface area contributed by atoms with Crippen molar-refractivity contribution >= 4 is 34.3 Å². The number of pyridine rings is 1. The molecule has 3 heterocycles. The zero-order valence-electron chi connectivity index (χ0n) is 13.0. The van der Waals surface area contributed by atoms with Gasteiger partial charge in [0.25, 0.3) is 0 Å². The highest BCUT2D eigenvalue weighted by Crippen LogP contribution is 2.31. The monoisotopic (exact) mass is 365 g/mol. The SMILES string of the molecule is N#Cc1cc(Nc2nccc3nc(-c4c(F)cccc4Cl)[nH]c23)ncn1. The largest absolute Gasteiger partial charge is 0.335 e. The second-order valence-electron chi connectivity index (χ2n) is 5.26. The number of nitrogens with one attached hydrogen (secondary N) is 2. The Kier molecular flexibility index (Phi) is 3.91. The number of anilines is 2. The molecular weight excluding hydrogens is 357 g/mol. The number of nitrogens with zero attached hydrogens (tertiary/aromatic N) is 5. The van der Waals surface area contributed by atoms with E-state index in [2.05, 4.69) is 30.2 Å². The number of imidazole rings is 1. The highest BCUT2D eigenvalue weighted by Gasteiger charge is 2.16. The van der Waals surface area contributed by atoms with Crippen molar-refractivity contribution in [2.24, 2.45) is 0 Å². The van der Waals surface area contributed by atoms with Crippen LogP contribution in [0.25, 0.3) is 22.4 Å². The maximum Gasteiger partial charge on any atom is 0.157 e. The summed E-state index contributed by atoms with van der Waals surface area (Å²) in [6, 6.07) is 9.56. The first-order chi connectivity index (χ1) is 12.7. The van der Waals surface area contributed by atoms with Gasteiger partial charge in [-0.3, -0.25) is 0 Å². The number of rotatable bonds is 3. The molecule has 7 nitrogen and oxygen atoms in total. The molecule has 4 rings (SSSR count). The van der Waals surface area contributed by atoms with Gasteiger partial charge in [0.2, 0.25) is 0 Å². The van der Waals surface area contributed by atoms with Crippen LogP contribution in [0, 0.1) is 17.1 Å². The Labute approximate surface area is 151 Å². The van der Waals surface area contributed by atoms with Crippen LogP contribution in [0.5, 0.6) is 0 Å². The molecule has 9 heteroatoms. The van der Waals surface area contributed by atoms with Crippen molar-refractivity contribution in [3.63, 3.8) is 0 Å². The van der Waals surface area contributed by atoms with Crippen LogP contribution in [0.1, 0.15) is 5.69 Å². The predicted molar refractivity (Wildman–Crippen MR) is 94.3 cm³/mol. The molecule has 2 N–H and O–H groups in total. The van der Waals surface area contributed by atoms with Crippen LogP contribution < -0.4 is 5.32 Å². The Bertz CT molecular complexity index is 1150. The summed E-state index contributed by atoms with van der Waals surface area (Å²) >= 11 is 6.12. The molecule has 0 radical (unpaired) electrons. The maximum atomic E-state index is 14.2. The zero-order valence-corrected chi connectivity index (χ0v) is 13.8. The topological polar surface area (TPSA) is 103 Å². The normalized spacial score (nSPS) is 10.7. The minimum Gasteiger partial charge on any atom is -0.335 e. The summed E-state index contributed by atoms with van der Waals surface area (Å²) in [5.41, 5.74) is 1.54. The fraction of sp³-hybridized carbons (Fsp3) is 0.